The molecule has 0 spiro atoms. The summed E-state index contributed by atoms with van der Waals surface area (Å²) in [6.45, 7) is 0. The summed E-state index contributed by atoms with van der Waals surface area (Å²) in [5.74, 6) is 0. The topological polar surface area (TPSA) is 12.9 Å². The summed E-state index contributed by atoms with van der Waals surface area (Å²) in [4.78, 5) is 7.87. The second-order valence-corrected chi connectivity index (χ2v) is 8.97. The second kappa shape index (κ2) is 10.4. The van der Waals surface area contributed by atoms with Crippen molar-refractivity contribution in [3.05, 3.63) is 86.5 Å². The molecule has 6 heteroatoms. The van der Waals surface area contributed by atoms with Gasteiger partial charge in [0.2, 0.25) is 0 Å². The van der Waals surface area contributed by atoms with Crippen molar-refractivity contribution in [2.45, 2.75) is 0 Å². The summed E-state index contributed by atoms with van der Waals surface area (Å²) in [7, 11) is 0. The van der Waals surface area contributed by atoms with Crippen molar-refractivity contribution >= 4 is 56.7 Å². The Bertz CT molecular complexity index is 776. The first-order chi connectivity index (χ1) is 12.4. The summed E-state index contributed by atoms with van der Waals surface area (Å²) in [5.41, 5.74) is 3.16. The molecule has 0 atom stereocenters. The highest BCUT2D eigenvalue weighted by molar-refractivity contribution is 7.21. The second-order valence-electron chi connectivity index (χ2n) is 4.59. The highest BCUT2D eigenvalue weighted by atomic mass is 32.1. The van der Waals surface area contributed by atoms with E-state index in [1.54, 1.807) is 45.7 Å². The van der Waals surface area contributed by atoms with E-state index < -0.39 is 0 Å². The summed E-state index contributed by atoms with van der Waals surface area (Å²) in [5, 5.41) is 12.4. The van der Waals surface area contributed by atoms with Crippen LogP contribution in [0, 0.1) is 0 Å². The molecular weight excluding hydrogens is 403 g/mol. The van der Waals surface area contributed by atoms with Crippen LogP contribution in [0.5, 0.6) is 0 Å². The van der Waals surface area contributed by atoms with Crippen LogP contribution >= 0.6 is 56.7 Å². The summed E-state index contributed by atoms with van der Waals surface area (Å²) >= 11 is 8.75. The van der Waals surface area contributed by atoms with Gasteiger partial charge in [-0.05, 0) is 45.1 Å². The Morgan fingerprint density at radius 2 is 1.36 bits per heavy atom. The fourth-order valence-corrected chi connectivity index (χ4v) is 5.36. The van der Waals surface area contributed by atoms with E-state index in [4.69, 9.17) is 0 Å². The van der Waals surface area contributed by atoms with Crippen LogP contribution in [0.3, 0.4) is 0 Å². The van der Waals surface area contributed by atoms with Crippen LogP contribution in [0.4, 0.5) is 0 Å². The number of hydrogen-bond donors (Lipinski definition) is 0. The number of thiazole rings is 1. The molecule has 126 valence electrons. The molecular formula is C19H15NS5. The Kier molecular flexibility index (Phi) is 7.60. The largest absolute Gasteiger partial charge is 0.253 e. The first-order valence-electron chi connectivity index (χ1n) is 7.39. The van der Waals surface area contributed by atoms with Crippen molar-refractivity contribution in [2.24, 2.45) is 0 Å². The molecule has 0 aliphatic heterocycles. The Hall–Kier alpha value is -1.57. The molecule has 0 aliphatic rings. The lowest BCUT2D eigenvalue weighted by Crippen LogP contribution is -1.69. The molecule has 5 heterocycles. The lowest BCUT2D eigenvalue weighted by Gasteiger charge is -1.97. The maximum atomic E-state index is 3.74. The van der Waals surface area contributed by atoms with Crippen LogP contribution in [0.2, 0.25) is 0 Å². The van der Waals surface area contributed by atoms with E-state index in [9.17, 15) is 0 Å². The van der Waals surface area contributed by atoms with Crippen molar-refractivity contribution < 1.29 is 0 Å². The van der Waals surface area contributed by atoms with Gasteiger partial charge in [0.05, 0.1) is 10.4 Å². The molecule has 0 amide bonds. The van der Waals surface area contributed by atoms with Gasteiger partial charge in [0.25, 0.3) is 0 Å². The fourth-order valence-electron chi connectivity index (χ4n) is 1.94. The quantitative estimate of drug-likeness (QED) is 0.283. The predicted octanol–water partition coefficient (Wildman–Crippen LogP) is 8.10. The highest BCUT2D eigenvalue weighted by Crippen LogP contribution is 2.40. The molecule has 5 aromatic rings. The van der Waals surface area contributed by atoms with E-state index >= 15 is 0 Å². The fraction of sp³-hybridized carbons (Fsp3) is 0. The van der Waals surface area contributed by atoms with Gasteiger partial charge in [-0.1, -0.05) is 24.3 Å². The smallest absolute Gasteiger partial charge is 0.0791 e. The minimum absolute atomic E-state index is 1.36. The number of aromatic nitrogens is 1. The zero-order valence-corrected chi connectivity index (χ0v) is 17.2. The SMILES string of the molecule is c1ccsc1.c1csc(-c2ccsc2-c2cccs2)c1.c1cscn1. The van der Waals surface area contributed by atoms with Crippen molar-refractivity contribution in [1.29, 1.82) is 0 Å². The maximum absolute atomic E-state index is 3.74. The van der Waals surface area contributed by atoms with Crippen LogP contribution in [0.25, 0.3) is 20.2 Å². The molecule has 0 aromatic carbocycles. The third-order valence-electron chi connectivity index (χ3n) is 2.97. The molecule has 0 saturated heterocycles. The lowest BCUT2D eigenvalue weighted by atomic mass is 10.2. The van der Waals surface area contributed by atoms with Crippen LogP contribution in [-0.4, -0.2) is 4.98 Å². The van der Waals surface area contributed by atoms with Crippen molar-refractivity contribution in [3.63, 3.8) is 0 Å². The van der Waals surface area contributed by atoms with Gasteiger partial charge in [0, 0.05) is 26.9 Å². The Balaban J connectivity index is 0.000000148. The minimum Gasteiger partial charge on any atom is -0.253 e. The van der Waals surface area contributed by atoms with E-state index in [1.165, 1.54) is 20.2 Å². The number of nitrogens with zero attached hydrogens (tertiary/aromatic N) is 1. The number of thiophene rings is 4. The normalized spacial score (nSPS) is 9.60. The van der Waals surface area contributed by atoms with Crippen molar-refractivity contribution in [2.75, 3.05) is 0 Å². The minimum atomic E-state index is 1.36. The average Bonchev–Trinajstić information content (AvgIpc) is 3.51. The van der Waals surface area contributed by atoms with E-state index in [-0.39, 0.29) is 0 Å². The van der Waals surface area contributed by atoms with Gasteiger partial charge in [0.15, 0.2) is 0 Å². The van der Waals surface area contributed by atoms with Gasteiger partial charge >= 0.3 is 0 Å². The Morgan fingerprint density at radius 1 is 0.600 bits per heavy atom. The molecule has 0 aliphatic carbocycles. The number of rotatable bonds is 2. The Morgan fingerprint density at radius 3 is 1.84 bits per heavy atom. The lowest BCUT2D eigenvalue weighted by molar-refractivity contribution is 1.43. The van der Waals surface area contributed by atoms with Crippen LogP contribution in [-0.2, 0) is 0 Å². The van der Waals surface area contributed by atoms with E-state index in [2.05, 4.69) is 51.5 Å². The monoisotopic (exact) mass is 417 g/mol. The standard InChI is InChI=1S/C12H8S3.C4H4S.C3H3NS/c1-3-10(13-6-1)9-5-8-15-12(9)11-4-2-7-14-11;1-2-4-5-3-1;1-2-5-3-4-1/h1-8H;1-4H;1-3H. The van der Waals surface area contributed by atoms with Crippen LogP contribution in [0.1, 0.15) is 0 Å². The van der Waals surface area contributed by atoms with E-state index in [0.717, 1.165) is 0 Å². The van der Waals surface area contributed by atoms with Gasteiger partial charge in [-0.15, -0.1) is 45.3 Å². The first kappa shape index (κ1) is 18.2. The summed E-state index contributed by atoms with van der Waals surface area (Å²) in [6.07, 6.45) is 1.77. The molecule has 5 aromatic heterocycles. The molecule has 0 N–H and O–H groups in total. The molecule has 0 radical (unpaired) electrons. The molecule has 25 heavy (non-hydrogen) atoms. The van der Waals surface area contributed by atoms with Gasteiger partial charge in [-0.25, -0.2) is 0 Å². The molecule has 0 saturated carbocycles. The Labute approximate surface area is 167 Å². The van der Waals surface area contributed by atoms with Crippen molar-refractivity contribution in [1.82, 2.24) is 4.98 Å². The zero-order valence-electron chi connectivity index (χ0n) is 13.1. The molecule has 0 unspecified atom stereocenters. The first-order valence-corrected chi connectivity index (χ1v) is 11.9. The van der Waals surface area contributed by atoms with Gasteiger partial charge in [-0.2, -0.15) is 11.3 Å². The number of hydrogen-bond acceptors (Lipinski definition) is 6. The van der Waals surface area contributed by atoms with Crippen molar-refractivity contribution in [3.8, 4) is 20.2 Å². The van der Waals surface area contributed by atoms with Gasteiger partial charge in [0.1, 0.15) is 0 Å². The van der Waals surface area contributed by atoms with Gasteiger partial charge < -0.3 is 0 Å². The summed E-state index contributed by atoms with van der Waals surface area (Å²) in [6, 6.07) is 14.8. The molecule has 0 fully saturated rings. The highest BCUT2D eigenvalue weighted by Gasteiger charge is 2.09. The molecule has 1 nitrogen and oxygen atoms in total. The van der Waals surface area contributed by atoms with Gasteiger partial charge in [-0.3, -0.25) is 4.98 Å². The maximum Gasteiger partial charge on any atom is 0.0791 e. The third-order valence-corrected chi connectivity index (χ3v) is 6.99. The third kappa shape index (κ3) is 5.73. The summed E-state index contributed by atoms with van der Waals surface area (Å²) < 4.78 is 0. The van der Waals surface area contributed by atoms with Crippen LogP contribution < -0.4 is 0 Å². The van der Waals surface area contributed by atoms with Crippen LogP contribution in [0.15, 0.2) is 86.5 Å². The van der Waals surface area contributed by atoms with E-state index in [1.807, 2.05) is 50.9 Å². The predicted molar refractivity (Wildman–Crippen MR) is 117 cm³/mol. The molecule has 0 bridgehead atoms. The molecule has 5 rings (SSSR count). The van der Waals surface area contributed by atoms with E-state index in [0.29, 0.717) is 0 Å². The average molecular weight is 418 g/mol. The zero-order chi connectivity index (χ0) is 17.2.